The lowest BCUT2D eigenvalue weighted by atomic mass is 10.1. The highest BCUT2D eigenvalue weighted by Crippen LogP contribution is 2.31. The van der Waals surface area contributed by atoms with Crippen molar-refractivity contribution in [3.8, 4) is 16.9 Å². The molecule has 8 heteroatoms. The number of ether oxygens (including phenoxy) is 1. The van der Waals surface area contributed by atoms with Gasteiger partial charge in [-0.3, -0.25) is 10.1 Å². The Bertz CT molecular complexity index is 1470. The van der Waals surface area contributed by atoms with Gasteiger partial charge in [0.25, 0.3) is 0 Å². The fraction of sp³-hybridized carbons (Fsp3) is 0.286. The number of benzene rings is 2. The molecular weight excluding hydrogens is 450 g/mol. The summed E-state index contributed by atoms with van der Waals surface area (Å²) in [6, 6.07) is 16.8. The molecular formula is C28H31N7O. The van der Waals surface area contributed by atoms with E-state index in [1.54, 1.807) is 6.20 Å². The summed E-state index contributed by atoms with van der Waals surface area (Å²) in [4.78, 5) is 12.5. The second kappa shape index (κ2) is 10.0. The van der Waals surface area contributed by atoms with Crippen LogP contribution >= 0.6 is 0 Å². The van der Waals surface area contributed by atoms with Gasteiger partial charge in [0.05, 0.1) is 11.7 Å². The number of piperazine rings is 1. The van der Waals surface area contributed by atoms with Gasteiger partial charge in [-0.1, -0.05) is 24.3 Å². The second-order valence-corrected chi connectivity index (χ2v) is 9.39. The third kappa shape index (κ3) is 4.65. The Morgan fingerprint density at radius 2 is 1.83 bits per heavy atom. The SMILES string of the molecule is CN1CCN(c2n[nH]c3ccc(-c4cncc(OCCNCc5c[nH]c6ccccc56)c4)cc23)CC1. The van der Waals surface area contributed by atoms with Gasteiger partial charge in [-0.2, -0.15) is 5.10 Å². The molecule has 0 saturated carbocycles. The summed E-state index contributed by atoms with van der Waals surface area (Å²) in [6.07, 6.45) is 5.73. The second-order valence-electron chi connectivity index (χ2n) is 9.39. The Morgan fingerprint density at radius 3 is 2.75 bits per heavy atom. The monoisotopic (exact) mass is 481 g/mol. The zero-order valence-corrected chi connectivity index (χ0v) is 20.5. The first-order chi connectivity index (χ1) is 17.7. The summed E-state index contributed by atoms with van der Waals surface area (Å²) in [5.41, 5.74) is 5.62. The molecule has 6 rings (SSSR count). The first-order valence-electron chi connectivity index (χ1n) is 12.5. The summed E-state index contributed by atoms with van der Waals surface area (Å²) in [5, 5.41) is 13.7. The highest BCUT2D eigenvalue weighted by Gasteiger charge is 2.19. The Hall–Kier alpha value is -3.88. The normalized spacial score (nSPS) is 14.6. The molecule has 3 aromatic heterocycles. The third-order valence-corrected chi connectivity index (χ3v) is 6.93. The number of nitrogens with zero attached hydrogens (tertiary/aromatic N) is 4. The molecule has 8 nitrogen and oxygen atoms in total. The van der Waals surface area contributed by atoms with Crippen LogP contribution < -0.4 is 15.0 Å². The van der Waals surface area contributed by atoms with Gasteiger partial charge in [0.2, 0.25) is 0 Å². The van der Waals surface area contributed by atoms with E-state index < -0.39 is 0 Å². The van der Waals surface area contributed by atoms with Crippen LogP contribution in [0.15, 0.2) is 67.1 Å². The van der Waals surface area contributed by atoms with Crippen molar-refractivity contribution < 1.29 is 4.74 Å². The van der Waals surface area contributed by atoms with Crippen molar-refractivity contribution >= 4 is 27.6 Å². The largest absolute Gasteiger partial charge is 0.491 e. The van der Waals surface area contributed by atoms with Gasteiger partial charge in [-0.05, 0) is 42.4 Å². The van der Waals surface area contributed by atoms with Crippen LogP contribution in [0.2, 0.25) is 0 Å². The molecule has 0 atom stereocenters. The molecule has 5 aromatic rings. The zero-order valence-electron chi connectivity index (χ0n) is 20.5. The van der Waals surface area contributed by atoms with Gasteiger partial charge in [-0.25, -0.2) is 0 Å². The number of para-hydroxylation sites is 1. The molecule has 0 unspecified atom stereocenters. The van der Waals surface area contributed by atoms with Gasteiger partial charge in [-0.15, -0.1) is 0 Å². The summed E-state index contributed by atoms with van der Waals surface area (Å²) >= 11 is 0. The predicted molar refractivity (Wildman–Crippen MR) is 145 cm³/mol. The van der Waals surface area contributed by atoms with E-state index in [0.29, 0.717) is 6.61 Å². The number of aromatic nitrogens is 4. The van der Waals surface area contributed by atoms with Crippen molar-refractivity contribution in [2.75, 3.05) is 51.3 Å². The molecule has 1 saturated heterocycles. The Labute approximate surface area is 210 Å². The fourth-order valence-electron chi connectivity index (χ4n) is 4.84. The average Bonchev–Trinajstić information content (AvgIpc) is 3.53. The van der Waals surface area contributed by atoms with Gasteiger partial charge < -0.3 is 24.8 Å². The first-order valence-corrected chi connectivity index (χ1v) is 12.5. The zero-order chi connectivity index (χ0) is 24.3. The maximum atomic E-state index is 6.01. The average molecular weight is 482 g/mol. The number of nitrogens with one attached hydrogen (secondary N) is 3. The number of pyridine rings is 1. The number of rotatable bonds is 8. The molecule has 0 bridgehead atoms. The molecule has 184 valence electrons. The number of hydrogen-bond donors (Lipinski definition) is 3. The van der Waals surface area contributed by atoms with Crippen molar-refractivity contribution in [2.24, 2.45) is 0 Å². The molecule has 0 spiro atoms. The molecule has 1 aliphatic rings. The van der Waals surface area contributed by atoms with Crippen LogP contribution in [-0.4, -0.2) is 71.4 Å². The quantitative estimate of drug-likeness (QED) is 0.290. The topological polar surface area (TPSA) is 85.1 Å². The van der Waals surface area contributed by atoms with E-state index in [1.165, 1.54) is 10.9 Å². The molecule has 3 N–H and O–H groups in total. The Morgan fingerprint density at radius 1 is 0.944 bits per heavy atom. The van der Waals surface area contributed by atoms with Crippen molar-refractivity contribution in [3.63, 3.8) is 0 Å². The van der Waals surface area contributed by atoms with Gasteiger partial charge in [0.15, 0.2) is 5.82 Å². The van der Waals surface area contributed by atoms with Gasteiger partial charge in [0.1, 0.15) is 12.4 Å². The van der Waals surface area contributed by atoms with E-state index in [9.17, 15) is 0 Å². The molecule has 0 radical (unpaired) electrons. The van der Waals surface area contributed by atoms with Crippen LogP contribution in [0.1, 0.15) is 5.56 Å². The molecule has 0 amide bonds. The van der Waals surface area contributed by atoms with Crippen molar-refractivity contribution in [1.82, 2.24) is 30.4 Å². The molecule has 2 aromatic carbocycles. The van der Waals surface area contributed by atoms with Crippen LogP contribution in [0.25, 0.3) is 32.9 Å². The van der Waals surface area contributed by atoms with E-state index in [4.69, 9.17) is 4.74 Å². The highest BCUT2D eigenvalue weighted by atomic mass is 16.5. The van der Waals surface area contributed by atoms with E-state index in [-0.39, 0.29) is 0 Å². The van der Waals surface area contributed by atoms with Crippen molar-refractivity contribution in [1.29, 1.82) is 0 Å². The number of aromatic amines is 2. The maximum absolute atomic E-state index is 6.01. The number of H-pyrrole nitrogens is 2. The smallest absolute Gasteiger partial charge is 0.158 e. The number of likely N-dealkylation sites (N-methyl/N-ethyl adjacent to an activating group) is 1. The van der Waals surface area contributed by atoms with Crippen LogP contribution in [-0.2, 0) is 6.54 Å². The summed E-state index contributed by atoms with van der Waals surface area (Å²) in [6.45, 7) is 6.19. The Kier molecular flexibility index (Phi) is 6.27. The van der Waals surface area contributed by atoms with Gasteiger partial charge in [0, 0.05) is 73.5 Å². The fourth-order valence-corrected chi connectivity index (χ4v) is 4.84. The van der Waals surface area contributed by atoms with Crippen LogP contribution in [0, 0.1) is 0 Å². The summed E-state index contributed by atoms with van der Waals surface area (Å²) in [7, 11) is 2.17. The lowest BCUT2D eigenvalue weighted by Crippen LogP contribution is -2.44. The van der Waals surface area contributed by atoms with Crippen LogP contribution in [0.4, 0.5) is 5.82 Å². The maximum Gasteiger partial charge on any atom is 0.158 e. The standard InChI is InChI=1S/C28H31N7O/c1-34-9-11-35(12-10-34)28-25-15-20(6-7-27(25)32-33-28)21-14-23(19-30-16-21)36-13-8-29-17-22-18-31-26-5-3-2-4-24(22)26/h2-7,14-16,18-19,29,31H,8-13,17H2,1H3,(H,32,33). The molecule has 1 fully saturated rings. The number of anilines is 1. The molecule has 4 heterocycles. The van der Waals surface area contributed by atoms with E-state index in [2.05, 4.69) is 91.0 Å². The number of fused-ring (bicyclic) bond motifs is 2. The summed E-state index contributed by atoms with van der Waals surface area (Å²) < 4.78 is 6.01. The van der Waals surface area contributed by atoms with E-state index in [0.717, 1.165) is 78.4 Å². The molecule has 0 aliphatic carbocycles. The van der Waals surface area contributed by atoms with Crippen molar-refractivity contribution in [2.45, 2.75) is 6.54 Å². The van der Waals surface area contributed by atoms with Gasteiger partial charge >= 0.3 is 0 Å². The minimum atomic E-state index is 0.571. The minimum absolute atomic E-state index is 0.571. The predicted octanol–water partition coefficient (Wildman–Crippen LogP) is 4.03. The van der Waals surface area contributed by atoms with Crippen LogP contribution in [0.5, 0.6) is 5.75 Å². The Balaban J connectivity index is 1.09. The highest BCUT2D eigenvalue weighted by molar-refractivity contribution is 5.93. The minimum Gasteiger partial charge on any atom is -0.491 e. The molecule has 1 aliphatic heterocycles. The number of hydrogen-bond acceptors (Lipinski definition) is 6. The lowest BCUT2D eigenvalue weighted by Gasteiger charge is -2.32. The van der Waals surface area contributed by atoms with Crippen molar-refractivity contribution in [3.05, 3.63) is 72.7 Å². The van der Waals surface area contributed by atoms with E-state index in [1.807, 2.05) is 12.3 Å². The summed E-state index contributed by atoms with van der Waals surface area (Å²) in [5.74, 6) is 1.80. The third-order valence-electron chi connectivity index (χ3n) is 6.93. The van der Waals surface area contributed by atoms with Crippen LogP contribution in [0.3, 0.4) is 0 Å². The van der Waals surface area contributed by atoms with E-state index >= 15 is 0 Å². The first kappa shape index (κ1) is 22.6. The lowest BCUT2D eigenvalue weighted by molar-refractivity contribution is 0.312. The molecule has 36 heavy (non-hydrogen) atoms.